The van der Waals surface area contributed by atoms with Crippen molar-refractivity contribution in [1.82, 2.24) is 0 Å². The lowest BCUT2D eigenvalue weighted by Crippen LogP contribution is -2.11. The van der Waals surface area contributed by atoms with Crippen molar-refractivity contribution in [2.75, 3.05) is 0 Å². The molecule has 0 spiro atoms. The molecule has 0 amide bonds. The Kier molecular flexibility index (Phi) is 3.04. The zero-order valence-corrected chi connectivity index (χ0v) is 3.95. The molecule has 2 N–H and O–H groups in total. The van der Waals surface area contributed by atoms with Crippen molar-refractivity contribution in [3.63, 3.8) is 0 Å². The van der Waals surface area contributed by atoms with Crippen molar-refractivity contribution in [2.24, 2.45) is 5.73 Å². The Labute approximate surface area is 37.3 Å². The summed E-state index contributed by atoms with van der Waals surface area (Å²) in [7, 11) is 0. The quantitative estimate of drug-likeness (QED) is 0.505. The predicted octanol–water partition coefficient (Wildman–Crippen LogP) is 1.04. The first-order chi connectivity index (χ1) is 2.77. The highest BCUT2D eigenvalue weighted by molar-refractivity contribution is 4.39. The van der Waals surface area contributed by atoms with Gasteiger partial charge in [0.15, 0.2) is 0 Å². The van der Waals surface area contributed by atoms with Crippen LogP contribution in [-0.2, 0) is 0 Å². The van der Waals surface area contributed by atoms with E-state index in [0.717, 1.165) is 6.42 Å². The Hall–Kier alpha value is -0.110. The monoisotopic (exact) mass is 91.1 g/mol. The molecule has 1 atom stereocenters. The summed E-state index contributed by atoms with van der Waals surface area (Å²) in [4.78, 5) is 0. The highest BCUT2D eigenvalue weighted by atomic mass is 19.1. The van der Waals surface area contributed by atoms with Crippen LogP contribution in [0.2, 0.25) is 0 Å². The van der Waals surface area contributed by atoms with Gasteiger partial charge in [0, 0.05) is 0 Å². The van der Waals surface area contributed by atoms with Gasteiger partial charge in [0.05, 0.1) is 0 Å². The van der Waals surface area contributed by atoms with Gasteiger partial charge < -0.3 is 5.73 Å². The van der Waals surface area contributed by atoms with E-state index in [9.17, 15) is 4.39 Å². The van der Waals surface area contributed by atoms with Gasteiger partial charge in [0.2, 0.25) is 0 Å². The fourth-order valence-electron chi connectivity index (χ4n) is 0.276. The second-order valence-electron chi connectivity index (χ2n) is 1.30. The van der Waals surface area contributed by atoms with E-state index in [1.165, 1.54) is 0 Å². The number of hydrogen-bond acceptors (Lipinski definition) is 1. The lowest BCUT2D eigenvalue weighted by molar-refractivity contribution is 0.322. The fourth-order valence-corrected chi connectivity index (χ4v) is 0.276. The van der Waals surface area contributed by atoms with Gasteiger partial charge in [-0.2, -0.15) is 0 Å². The highest BCUT2D eigenvalue weighted by Gasteiger charge is 1.90. The fraction of sp³-hybridized carbons (Fsp3) is 1.00. The van der Waals surface area contributed by atoms with Gasteiger partial charge in [-0.25, -0.2) is 4.39 Å². The zero-order valence-electron chi connectivity index (χ0n) is 3.95. The van der Waals surface area contributed by atoms with Gasteiger partial charge in [-0.3, -0.25) is 0 Å². The second kappa shape index (κ2) is 3.09. The largest absolute Gasteiger partial charge is 0.302 e. The van der Waals surface area contributed by atoms with Crippen LogP contribution in [-0.4, -0.2) is 6.30 Å². The normalized spacial score (nSPS) is 14.5. The van der Waals surface area contributed by atoms with Crippen LogP contribution in [0.15, 0.2) is 0 Å². The molecule has 0 radical (unpaired) electrons. The maximum Gasteiger partial charge on any atom is 0.148 e. The Morgan fingerprint density at radius 3 is 2.33 bits per heavy atom. The minimum Gasteiger partial charge on any atom is -0.302 e. The number of alkyl halides is 1. The van der Waals surface area contributed by atoms with Crippen LogP contribution in [0.5, 0.6) is 0 Å². The minimum atomic E-state index is -1.10. The molecule has 0 aliphatic heterocycles. The molecule has 2 heteroatoms. The molecule has 38 valence electrons. The van der Waals surface area contributed by atoms with E-state index >= 15 is 0 Å². The molecule has 6 heavy (non-hydrogen) atoms. The van der Waals surface area contributed by atoms with Crippen LogP contribution in [0.25, 0.3) is 0 Å². The first kappa shape index (κ1) is 5.89. The number of nitrogens with two attached hydrogens (primary N) is 1. The second-order valence-corrected chi connectivity index (χ2v) is 1.30. The molecule has 0 rings (SSSR count). The predicted molar refractivity (Wildman–Crippen MR) is 24.0 cm³/mol. The summed E-state index contributed by atoms with van der Waals surface area (Å²) in [5, 5.41) is 0. The third kappa shape index (κ3) is 3.89. The van der Waals surface area contributed by atoms with E-state index in [2.05, 4.69) is 0 Å². The van der Waals surface area contributed by atoms with E-state index in [-0.39, 0.29) is 0 Å². The van der Waals surface area contributed by atoms with Crippen LogP contribution in [0.3, 0.4) is 0 Å². The molecular weight excluding hydrogens is 81.0 g/mol. The van der Waals surface area contributed by atoms with Crippen LogP contribution >= 0.6 is 0 Å². The molecule has 0 unspecified atom stereocenters. The van der Waals surface area contributed by atoms with Gasteiger partial charge in [0.1, 0.15) is 6.30 Å². The third-order valence-corrected chi connectivity index (χ3v) is 0.564. The molecule has 0 aromatic rings. The van der Waals surface area contributed by atoms with E-state index < -0.39 is 6.30 Å². The van der Waals surface area contributed by atoms with Gasteiger partial charge >= 0.3 is 0 Å². The van der Waals surface area contributed by atoms with E-state index in [1.54, 1.807) is 0 Å². The summed E-state index contributed by atoms with van der Waals surface area (Å²) >= 11 is 0. The molecule has 0 aromatic heterocycles. The summed E-state index contributed by atoms with van der Waals surface area (Å²) in [6, 6.07) is 0. The molecule has 0 saturated heterocycles. The molecule has 0 aromatic carbocycles. The zero-order chi connectivity index (χ0) is 4.99. The average molecular weight is 91.1 g/mol. The summed E-state index contributed by atoms with van der Waals surface area (Å²) < 4.78 is 11.5. The molecular formula is C4H10FN. The molecule has 0 aliphatic carbocycles. The summed E-state index contributed by atoms with van der Waals surface area (Å²) in [5.74, 6) is 0. The number of hydrogen-bond donors (Lipinski definition) is 1. The number of halogens is 1. The Balaban J connectivity index is 2.63. The van der Waals surface area contributed by atoms with Gasteiger partial charge in [-0.1, -0.05) is 13.3 Å². The SMILES string of the molecule is CCC[C@@H](N)F. The van der Waals surface area contributed by atoms with Gasteiger partial charge in [0.25, 0.3) is 0 Å². The number of rotatable bonds is 2. The van der Waals surface area contributed by atoms with Crippen LogP contribution in [0.1, 0.15) is 19.8 Å². The topological polar surface area (TPSA) is 26.0 Å². The van der Waals surface area contributed by atoms with E-state index in [4.69, 9.17) is 5.73 Å². The molecule has 0 fully saturated rings. The van der Waals surface area contributed by atoms with Crippen LogP contribution < -0.4 is 5.73 Å². The van der Waals surface area contributed by atoms with Crippen molar-refractivity contribution < 1.29 is 4.39 Å². The minimum absolute atomic E-state index is 0.486. The van der Waals surface area contributed by atoms with E-state index in [0.29, 0.717) is 6.42 Å². The smallest absolute Gasteiger partial charge is 0.148 e. The Bertz CT molecular complexity index is 28.7. The molecule has 0 heterocycles. The first-order valence-electron chi connectivity index (χ1n) is 2.17. The van der Waals surface area contributed by atoms with Gasteiger partial charge in [-0.15, -0.1) is 0 Å². The molecule has 1 nitrogen and oxygen atoms in total. The first-order valence-corrected chi connectivity index (χ1v) is 2.17. The highest BCUT2D eigenvalue weighted by Crippen LogP contribution is 1.90. The molecule has 0 bridgehead atoms. The van der Waals surface area contributed by atoms with Crippen LogP contribution in [0, 0.1) is 0 Å². The van der Waals surface area contributed by atoms with Crippen molar-refractivity contribution >= 4 is 0 Å². The van der Waals surface area contributed by atoms with E-state index in [1.807, 2.05) is 6.92 Å². The summed E-state index contributed by atoms with van der Waals surface area (Å²) in [5.41, 5.74) is 4.74. The average Bonchev–Trinajstić information content (AvgIpc) is 1.35. The van der Waals surface area contributed by atoms with Crippen LogP contribution in [0.4, 0.5) is 4.39 Å². The van der Waals surface area contributed by atoms with Crippen molar-refractivity contribution in [3.05, 3.63) is 0 Å². The van der Waals surface area contributed by atoms with Crippen molar-refractivity contribution in [3.8, 4) is 0 Å². The summed E-state index contributed by atoms with van der Waals surface area (Å²) in [6.07, 6.45) is 0.215. The Morgan fingerprint density at radius 1 is 1.83 bits per heavy atom. The lowest BCUT2D eigenvalue weighted by Gasteiger charge is -1.92. The third-order valence-electron chi connectivity index (χ3n) is 0.564. The van der Waals surface area contributed by atoms with Gasteiger partial charge in [-0.05, 0) is 6.42 Å². The molecule has 0 aliphatic rings. The lowest BCUT2D eigenvalue weighted by atomic mass is 10.3. The van der Waals surface area contributed by atoms with Crippen molar-refractivity contribution in [1.29, 1.82) is 0 Å². The standard InChI is InChI=1S/C4H10FN/c1-2-3-4(5)6/h4H,2-3,6H2,1H3/t4-/m1/s1. The Morgan fingerprint density at radius 2 is 2.33 bits per heavy atom. The van der Waals surface area contributed by atoms with Crippen molar-refractivity contribution in [2.45, 2.75) is 26.1 Å². The molecule has 0 saturated carbocycles. The maximum absolute atomic E-state index is 11.5. The maximum atomic E-state index is 11.5. The summed E-state index contributed by atoms with van der Waals surface area (Å²) in [6.45, 7) is 1.90.